The fraction of sp³-hybridized carbons (Fsp3) is 0.143. The van der Waals surface area contributed by atoms with E-state index in [1.807, 2.05) is 18.3 Å². The smallest absolute Gasteiger partial charge is 0.0818 e. The maximum absolute atomic E-state index is 4.13. The normalized spacial score (nSPS) is 12.4. The zero-order valence-electron chi connectivity index (χ0n) is 5.32. The molecule has 0 aromatic carbocycles. The van der Waals surface area contributed by atoms with E-state index < -0.39 is 0 Å². The SMILES string of the molecule is C1=NCc2ncccc21.Cl. The molecule has 0 saturated heterocycles. The van der Waals surface area contributed by atoms with E-state index >= 15 is 0 Å². The fourth-order valence-electron chi connectivity index (χ4n) is 0.931. The van der Waals surface area contributed by atoms with E-state index in [1.165, 1.54) is 0 Å². The number of hydrogen-bond donors (Lipinski definition) is 0. The lowest BCUT2D eigenvalue weighted by molar-refractivity contribution is 1.02. The molecule has 0 fully saturated rings. The molecular weight excluding hydrogens is 148 g/mol. The molecule has 0 amide bonds. The Morgan fingerprint density at radius 2 is 2.30 bits per heavy atom. The first-order valence-electron chi connectivity index (χ1n) is 2.90. The summed E-state index contributed by atoms with van der Waals surface area (Å²) in [6.45, 7) is 0.760. The van der Waals surface area contributed by atoms with Crippen LogP contribution in [-0.4, -0.2) is 11.2 Å². The summed E-state index contributed by atoms with van der Waals surface area (Å²) in [5, 5.41) is 0. The third kappa shape index (κ3) is 1.02. The van der Waals surface area contributed by atoms with Crippen LogP contribution < -0.4 is 0 Å². The molecule has 2 rings (SSSR count). The third-order valence-electron chi connectivity index (χ3n) is 1.40. The molecule has 52 valence electrons. The number of nitrogens with zero attached hydrogens (tertiary/aromatic N) is 2. The molecule has 0 radical (unpaired) electrons. The monoisotopic (exact) mass is 154 g/mol. The summed E-state index contributed by atoms with van der Waals surface area (Å²) < 4.78 is 0. The highest BCUT2D eigenvalue weighted by atomic mass is 35.5. The van der Waals surface area contributed by atoms with E-state index in [-0.39, 0.29) is 12.4 Å². The maximum Gasteiger partial charge on any atom is 0.0818 e. The van der Waals surface area contributed by atoms with Crippen molar-refractivity contribution in [3.8, 4) is 0 Å². The van der Waals surface area contributed by atoms with Gasteiger partial charge in [-0.25, -0.2) is 0 Å². The van der Waals surface area contributed by atoms with Gasteiger partial charge in [-0.3, -0.25) is 9.98 Å². The summed E-state index contributed by atoms with van der Waals surface area (Å²) in [6, 6.07) is 3.95. The minimum atomic E-state index is 0. The van der Waals surface area contributed by atoms with Crippen molar-refractivity contribution in [3.05, 3.63) is 29.6 Å². The highest BCUT2D eigenvalue weighted by molar-refractivity contribution is 5.85. The van der Waals surface area contributed by atoms with Gasteiger partial charge < -0.3 is 0 Å². The number of aliphatic imine (C=N–C) groups is 1. The van der Waals surface area contributed by atoms with Crippen molar-refractivity contribution >= 4 is 18.6 Å². The Kier molecular flexibility index (Phi) is 2.02. The fourth-order valence-corrected chi connectivity index (χ4v) is 0.931. The standard InChI is InChI=1S/C7H6N2.ClH/c1-2-6-4-8-5-7(6)9-3-1;/h1-4H,5H2;1H. The van der Waals surface area contributed by atoms with Gasteiger partial charge in [-0.05, 0) is 6.07 Å². The second kappa shape index (κ2) is 2.80. The zero-order chi connectivity index (χ0) is 6.10. The predicted molar refractivity (Wildman–Crippen MR) is 42.8 cm³/mol. The average Bonchev–Trinajstić information content (AvgIpc) is 2.33. The van der Waals surface area contributed by atoms with E-state index in [9.17, 15) is 0 Å². The molecule has 0 atom stereocenters. The largest absolute Gasteiger partial charge is 0.286 e. The van der Waals surface area contributed by atoms with Gasteiger partial charge in [0.05, 0.1) is 12.2 Å². The maximum atomic E-state index is 4.13. The van der Waals surface area contributed by atoms with E-state index in [4.69, 9.17) is 0 Å². The molecule has 0 unspecified atom stereocenters. The van der Waals surface area contributed by atoms with Crippen LogP contribution in [0.15, 0.2) is 23.3 Å². The zero-order valence-corrected chi connectivity index (χ0v) is 6.14. The molecule has 10 heavy (non-hydrogen) atoms. The van der Waals surface area contributed by atoms with Crippen LogP contribution in [0, 0.1) is 0 Å². The minimum Gasteiger partial charge on any atom is -0.286 e. The minimum absolute atomic E-state index is 0. The summed E-state index contributed by atoms with van der Waals surface area (Å²) in [6.07, 6.45) is 3.66. The summed E-state index contributed by atoms with van der Waals surface area (Å²) >= 11 is 0. The number of rotatable bonds is 0. The van der Waals surface area contributed by atoms with Gasteiger partial charge in [0.2, 0.25) is 0 Å². The number of hydrogen-bond acceptors (Lipinski definition) is 2. The average molecular weight is 155 g/mol. The van der Waals surface area contributed by atoms with Crippen LogP contribution in [0.25, 0.3) is 0 Å². The molecule has 0 saturated carbocycles. The predicted octanol–water partition coefficient (Wildman–Crippen LogP) is 1.44. The Balaban J connectivity index is 0.000000500. The second-order valence-corrected chi connectivity index (χ2v) is 2.01. The third-order valence-corrected chi connectivity index (χ3v) is 1.40. The van der Waals surface area contributed by atoms with Gasteiger partial charge in [0, 0.05) is 18.0 Å². The number of halogens is 1. The Morgan fingerprint density at radius 3 is 3.10 bits per heavy atom. The van der Waals surface area contributed by atoms with Crippen LogP contribution in [0.3, 0.4) is 0 Å². The van der Waals surface area contributed by atoms with Crippen LogP contribution in [0.1, 0.15) is 11.3 Å². The molecule has 1 aliphatic rings. The second-order valence-electron chi connectivity index (χ2n) is 2.01. The van der Waals surface area contributed by atoms with Gasteiger partial charge >= 0.3 is 0 Å². The molecule has 3 heteroatoms. The van der Waals surface area contributed by atoms with Crippen molar-refractivity contribution < 1.29 is 0 Å². The molecule has 0 aliphatic carbocycles. The number of fused-ring (bicyclic) bond motifs is 1. The van der Waals surface area contributed by atoms with Gasteiger partial charge in [-0.15, -0.1) is 12.4 Å². The van der Waals surface area contributed by atoms with Crippen LogP contribution >= 0.6 is 12.4 Å². The molecular formula is C7H7ClN2. The molecule has 0 spiro atoms. The molecule has 1 aromatic heterocycles. The molecule has 1 aromatic rings. The van der Waals surface area contributed by atoms with Crippen LogP contribution in [-0.2, 0) is 6.54 Å². The van der Waals surface area contributed by atoms with E-state index in [0.717, 1.165) is 17.8 Å². The summed E-state index contributed by atoms with van der Waals surface area (Å²) in [5.41, 5.74) is 2.26. The molecule has 2 heterocycles. The highest BCUT2D eigenvalue weighted by Crippen LogP contribution is 2.08. The first kappa shape index (κ1) is 7.22. The van der Waals surface area contributed by atoms with Crippen molar-refractivity contribution in [2.45, 2.75) is 6.54 Å². The Labute approximate surface area is 65.4 Å². The van der Waals surface area contributed by atoms with Gasteiger partial charge in [-0.1, -0.05) is 6.07 Å². The Bertz CT molecular complexity index is 258. The summed E-state index contributed by atoms with van der Waals surface area (Å²) in [7, 11) is 0. The molecule has 1 aliphatic heterocycles. The molecule has 0 N–H and O–H groups in total. The summed E-state index contributed by atoms with van der Waals surface area (Å²) in [4.78, 5) is 8.20. The van der Waals surface area contributed by atoms with Crippen molar-refractivity contribution in [3.63, 3.8) is 0 Å². The van der Waals surface area contributed by atoms with Crippen molar-refractivity contribution in [2.75, 3.05) is 0 Å². The number of pyridine rings is 1. The van der Waals surface area contributed by atoms with Crippen molar-refractivity contribution in [1.29, 1.82) is 0 Å². The van der Waals surface area contributed by atoms with Crippen LogP contribution in [0.4, 0.5) is 0 Å². The first-order chi connectivity index (χ1) is 4.47. The molecule has 0 bridgehead atoms. The lowest BCUT2D eigenvalue weighted by Crippen LogP contribution is -1.85. The highest BCUT2D eigenvalue weighted by Gasteiger charge is 2.03. The lowest BCUT2D eigenvalue weighted by atomic mass is 10.2. The van der Waals surface area contributed by atoms with Gasteiger partial charge in [0.1, 0.15) is 0 Å². The lowest BCUT2D eigenvalue weighted by Gasteiger charge is -1.90. The van der Waals surface area contributed by atoms with Crippen LogP contribution in [0.5, 0.6) is 0 Å². The van der Waals surface area contributed by atoms with E-state index in [2.05, 4.69) is 9.98 Å². The van der Waals surface area contributed by atoms with Crippen molar-refractivity contribution in [1.82, 2.24) is 4.98 Å². The first-order valence-corrected chi connectivity index (χ1v) is 2.90. The van der Waals surface area contributed by atoms with Gasteiger partial charge in [-0.2, -0.15) is 0 Å². The summed E-state index contributed by atoms with van der Waals surface area (Å²) in [5.74, 6) is 0. The topological polar surface area (TPSA) is 25.2 Å². The van der Waals surface area contributed by atoms with E-state index in [0.29, 0.717) is 0 Å². The Hall–Kier alpha value is -0.890. The van der Waals surface area contributed by atoms with Crippen LogP contribution in [0.2, 0.25) is 0 Å². The number of aromatic nitrogens is 1. The Morgan fingerprint density at radius 1 is 1.40 bits per heavy atom. The van der Waals surface area contributed by atoms with E-state index in [1.54, 1.807) is 6.20 Å². The van der Waals surface area contributed by atoms with Gasteiger partial charge in [0.15, 0.2) is 0 Å². The quantitative estimate of drug-likeness (QED) is 0.555. The van der Waals surface area contributed by atoms with Crippen molar-refractivity contribution in [2.24, 2.45) is 4.99 Å². The van der Waals surface area contributed by atoms with Gasteiger partial charge in [0.25, 0.3) is 0 Å². The molecule has 2 nitrogen and oxygen atoms in total.